The second kappa shape index (κ2) is 2.02. The molecule has 0 aromatic carbocycles. The average molecular weight is 148 g/mol. The molecule has 0 saturated carbocycles. The molecule has 1 N–H and O–H groups in total. The number of aromatic nitrogens is 4. The van der Waals surface area contributed by atoms with E-state index in [0.717, 1.165) is 22.4 Å². The van der Waals surface area contributed by atoms with Gasteiger partial charge in [-0.15, -0.1) is 0 Å². The third kappa shape index (κ3) is 0.869. The van der Waals surface area contributed by atoms with Gasteiger partial charge in [-0.25, -0.2) is 0 Å². The maximum absolute atomic E-state index is 4.25. The van der Waals surface area contributed by atoms with Crippen molar-refractivity contribution in [2.45, 2.75) is 13.8 Å². The van der Waals surface area contributed by atoms with Crippen molar-refractivity contribution in [2.75, 3.05) is 0 Å². The number of aromatic amines is 1. The van der Waals surface area contributed by atoms with Crippen LogP contribution in [0.5, 0.6) is 0 Å². The molecule has 11 heavy (non-hydrogen) atoms. The number of fused-ring (bicyclic) bond motifs is 1. The number of nitrogens with one attached hydrogen (secondary N) is 1. The summed E-state index contributed by atoms with van der Waals surface area (Å²) in [5.41, 5.74) is 3.64. The monoisotopic (exact) mass is 148 g/mol. The number of nitrogens with zero attached hydrogens (tertiary/aromatic N) is 3. The van der Waals surface area contributed by atoms with Crippen molar-refractivity contribution in [3.8, 4) is 0 Å². The zero-order valence-corrected chi connectivity index (χ0v) is 6.42. The van der Waals surface area contributed by atoms with E-state index in [1.165, 1.54) is 0 Å². The van der Waals surface area contributed by atoms with E-state index in [0.29, 0.717) is 0 Å². The molecule has 2 rings (SSSR count). The van der Waals surface area contributed by atoms with Gasteiger partial charge in [0.25, 0.3) is 0 Å². The Kier molecular flexibility index (Phi) is 1.15. The highest BCUT2D eigenvalue weighted by Crippen LogP contribution is 2.11. The minimum Gasteiger partial charge on any atom is -0.256 e. The Morgan fingerprint density at radius 1 is 1.27 bits per heavy atom. The van der Waals surface area contributed by atoms with Crippen LogP contribution in [0.2, 0.25) is 0 Å². The van der Waals surface area contributed by atoms with Crippen molar-refractivity contribution < 1.29 is 0 Å². The molecule has 4 heteroatoms. The normalized spacial score (nSPS) is 10.7. The summed E-state index contributed by atoms with van der Waals surface area (Å²) in [7, 11) is 0. The molecule has 0 aliphatic heterocycles. The van der Waals surface area contributed by atoms with E-state index in [2.05, 4.69) is 20.4 Å². The van der Waals surface area contributed by atoms with Crippen LogP contribution in [-0.4, -0.2) is 20.4 Å². The number of pyridine rings is 1. The minimum absolute atomic E-state index is 0.857. The molecule has 2 aromatic heterocycles. The van der Waals surface area contributed by atoms with E-state index in [1.807, 2.05) is 19.9 Å². The van der Waals surface area contributed by atoms with E-state index in [1.54, 1.807) is 0 Å². The lowest BCUT2D eigenvalue weighted by Crippen LogP contribution is -1.86. The third-order valence-corrected chi connectivity index (χ3v) is 1.61. The quantitative estimate of drug-likeness (QED) is 0.605. The fourth-order valence-electron chi connectivity index (χ4n) is 1.15. The fraction of sp³-hybridized carbons (Fsp3) is 0.286. The molecular formula is C7H8N4. The third-order valence-electron chi connectivity index (χ3n) is 1.61. The Bertz CT molecular complexity index is 390. The summed E-state index contributed by atoms with van der Waals surface area (Å²) in [6, 6.07) is 1.91. The fourth-order valence-corrected chi connectivity index (χ4v) is 1.15. The summed E-state index contributed by atoms with van der Waals surface area (Å²) in [5, 5.41) is 10.5. The van der Waals surface area contributed by atoms with Crippen molar-refractivity contribution in [3.63, 3.8) is 0 Å². The van der Waals surface area contributed by atoms with Gasteiger partial charge in [0, 0.05) is 5.69 Å². The highest BCUT2D eigenvalue weighted by atomic mass is 15.3. The Hall–Kier alpha value is -1.45. The molecule has 0 amide bonds. The molecule has 2 heterocycles. The molecule has 4 nitrogen and oxygen atoms in total. The Balaban J connectivity index is 2.91. The highest BCUT2D eigenvalue weighted by molar-refractivity contribution is 5.75. The average Bonchev–Trinajstić information content (AvgIpc) is 2.34. The van der Waals surface area contributed by atoms with Gasteiger partial charge in [0.1, 0.15) is 11.0 Å². The minimum atomic E-state index is 0.857. The highest BCUT2D eigenvalue weighted by Gasteiger charge is 2.02. The van der Waals surface area contributed by atoms with Gasteiger partial charge in [-0.2, -0.15) is 15.4 Å². The van der Waals surface area contributed by atoms with Gasteiger partial charge in [0.15, 0.2) is 0 Å². The standard InChI is InChI=1S/C7H8N4/c1-4-3-6-7(5(2)8-4)10-11-9-6/h3H,1-2H3,(H,9,10,11). The largest absolute Gasteiger partial charge is 0.256 e. The first-order valence-corrected chi connectivity index (χ1v) is 3.42. The van der Waals surface area contributed by atoms with E-state index in [9.17, 15) is 0 Å². The van der Waals surface area contributed by atoms with Crippen molar-refractivity contribution >= 4 is 11.0 Å². The summed E-state index contributed by atoms with van der Waals surface area (Å²) in [4.78, 5) is 4.25. The lowest BCUT2D eigenvalue weighted by Gasteiger charge is -1.93. The van der Waals surface area contributed by atoms with Crippen LogP contribution in [0, 0.1) is 13.8 Å². The van der Waals surface area contributed by atoms with Crippen LogP contribution in [0.3, 0.4) is 0 Å². The van der Waals surface area contributed by atoms with E-state index in [-0.39, 0.29) is 0 Å². The van der Waals surface area contributed by atoms with E-state index in [4.69, 9.17) is 0 Å². The molecule has 0 atom stereocenters. The van der Waals surface area contributed by atoms with Gasteiger partial charge in [0.05, 0.1) is 5.69 Å². The predicted molar refractivity (Wildman–Crippen MR) is 41.2 cm³/mol. The molecule has 0 radical (unpaired) electrons. The Morgan fingerprint density at radius 3 is 2.91 bits per heavy atom. The van der Waals surface area contributed by atoms with Crippen molar-refractivity contribution in [2.24, 2.45) is 0 Å². The van der Waals surface area contributed by atoms with Crippen LogP contribution in [0.1, 0.15) is 11.4 Å². The predicted octanol–water partition coefficient (Wildman–Crippen LogP) is 0.970. The number of aryl methyl sites for hydroxylation is 2. The number of hydrogen-bond acceptors (Lipinski definition) is 3. The molecule has 0 spiro atoms. The molecule has 2 aromatic rings. The Labute approximate surface area is 63.6 Å². The van der Waals surface area contributed by atoms with Gasteiger partial charge >= 0.3 is 0 Å². The molecule has 0 unspecified atom stereocenters. The maximum Gasteiger partial charge on any atom is 0.134 e. The van der Waals surface area contributed by atoms with Gasteiger partial charge in [-0.3, -0.25) is 4.98 Å². The van der Waals surface area contributed by atoms with Crippen molar-refractivity contribution in [1.82, 2.24) is 20.4 Å². The second-order valence-electron chi connectivity index (χ2n) is 2.54. The molecule has 56 valence electrons. The topological polar surface area (TPSA) is 54.5 Å². The first-order chi connectivity index (χ1) is 5.27. The summed E-state index contributed by atoms with van der Waals surface area (Å²) in [5.74, 6) is 0. The summed E-state index contributed by atoms with van der Waals surface area (Å²) < 4.78 is 0. The molecule has 0 fully saturated rings. The number of hydrogen-bond donors (Lipinski definition) is 1. The van der Waals surface area contributed by atoms with Crippen molar-refractivity contribution in [3.05, 3.63) is 17.5 Å². The van der Waals surface area contributed by atoms with Gasteiger partial charge in [-0.1, -0.05) is 0 Å². The molecule has 0 aliphatic carbocycles. The van der Waals surface area contributed by atoms with Crippen LogP contribution in [0.4, 0.5) is 0 Å². The summed E-state index contributed by atoms with van der Waals surface area (Å²) in [6.45, 7) is 3.87. The Morgan fingerprint density at radius 2 is 2.09 bits per heavy atom. The van der Waals surface area contributed by atoms with Gasteiger partial charge in [0.2, 0.25) is 0 Å². The van der Waals surface area contributed by atoms with Crippen LogP contribution in [0.15, 0.2) is 6.07 Å². The smallest absolute Gasteiger partial charge is 0.134 e. The lowest BCUT2D eigenvalue weighted by molar-refractivity contribution is 0.957. The molecular weight excluding hydrogens is 140 g/mol. The molecule has 0 bridgehead atoms. The second-order valence-corrected chi connectivity index (χ2v) is 2.54. The van der Waals surface area contributed by atoms with Crippen LogP contribution in [0.25, 0.3) is 11.0 Å². The van der Waals surface area contributed by atoms with Crippen LogP contribution >= 0.6 is 0 Å². The van der Waals surface area contributed by atoms with Crippen LogP contribution in [-0.2, 0) is 0 Å². The van der Waals surface area contributed by atoms with Crippen molar-refractivity contribution in [1.29, 1.82) is 0 Å². The van der Waals surface area contributed by atoms with E-state index < -0.39 is 0 Å². The lowest BCUT2D eigenvalue weighted by atomic mass is 10.3. The number of rotatable bonds is 0. The zero-order valence-electron chi connectivity index (χ0n) is 6.42. The molecule has 0 aliphatic rings. The first-order valence-electron chi connectivity index (χ1n) is 3.42. The van der Waals surface area contributed by atoms with Gasteiger partial charge in [-0.05, 0) is 19.9 Å². The van der Waals surface area contributed by atoms with Crippen LogP contribution < -0.4 is 0 Å². The summed E-state index contributed by atoms with van der Waals surface area (Å²) >= 11 is 0. The molecule has 0 saturated heterocycles. The SMILES string of the molecule is Cc1cc2n[nH]nc2c(C)n1. The first kappa shape index (κ1) is 6.27. The van der Waals surface area contributed by atoms with E-state index >= 15 is 0 Å². The van der Waals surface area contributed by atoms with Gasteiger partial charge < -0.3 is 0 Å². The maximum atomic E-state index is 4.25. The number of H-pyrrole nitrogens is 1. The zero-order chi connectivity index (χ0) is 7.84. The summed E-state index contributed by atoms with van der Waals surface area (Å²) in [6.07, 6.45) is 0.